The van der Waals surface area contributed by atoms with Gasteiger partial charge >= 0.3 is 47.4 Å². The largest absolute Gasteiger partial charge is 0.357 e. The average molecular weight is 1140 g/mol. The molecule has 4 fully saturated rings. The van der Waals surface area contributed by atoms with E-state index >= 15 is 83.4 Å². The third-order valence-electron chi connectivity index (χ3n) is 12.8. The second-order valence-corrected chi connectivity index (χ2v) is 16.2. The first kappa shape index (κ1) is 54.7. The van der Waals surface area contributed by atoms with Gasteiger partial charge in [0.2, 0.25) is 0 Å². The van der Waals surface area contributed by atoms with Crippen LogP contribution in [0, 0.1) is 93.1 Å². The smallest absolute Gasteiger partial charge is 0.224 e. The monoisotopic (exact) mass is 1140 g/mol. The molecule has 4 aliphatic carbocycles. The highest BCUT2D eigenvalue weighted by molar-refractivity contribution is 6.59. The van der Waals surface area contributed by atoms with Crippen molar-refractivity contribution < 1.29 is 158 Å². The van der Waals surface area contributed by atoms with Crippen LogP contribution in [0.15, 0.2) is 0 Å². The van der Waals surface area contributed by atoms with Crippen LogP contribution < -0.4 is 5.46 Å². The molecule has 0 unspecified atom stereocenters. The summed E-state index contributed by atoms with van der Waals surface area (Å²) in [4.78, 5) is 0. The van der Waals surface area contributed by atoms with Crippen molar-refractivity contribution in [1.29, 1.82) is 0 Å². The first-order valence-electron chi connectivity index (χ1n) is 18.1. The third-order valence-corrected chi connectivity index (χ3v) is 12.8. The average Bonchev–Trinajstić information content (AvgIpc) is 4.00. The normalized spacial score (nSPS) is 23.6. The van der Waals surface area contributed by atoms with E-state index in [0.29, 0.717) is 0 Å². The quantitative estimate of drug-likeness (QED) is 0.0678. The van der Waals surface area contributed by atoms with Gasteiger partial charge in [-0.05, 0) is 5.46 Å². The zero-order chi connectivity index (χ0) is 57.1. The van der Waals surface area contributed by atoms with Gasteiger partial charge in [-0.2, -0.15) is 70.2 Å². The van der Waals surface area contributed by atoms with Crippen LogP contribution in [0.1, 0.15) is 38.9 Å². The molecular weight excluding hydrogens is 1140 g/mol. The Morgan fingerprint density at radius 3 is 0.473 bits per heavy atom. The first-order chi connectivity index (χ1) is 33.0. The van der Waals surface area contributed by atoms with Gasteiger partial charge in [0.05, 0.1) is 22.3 Å². The molecule has 0 spiro atoms. The van der Waals surface area contributed by atoms with Gasteiger partial charge < -0.3 is 0 Å². The van der Waals surface area contributed by atoms with Crippen LogP contribution in [0.25, 0.3) is 0 Å². The van der Waals surface area contributed by atoms with Crippen molar-refractivity contribution in [3.63, 3.8) is 0 Å². The summed E-state index contributed by atoms with van der Waals surface area (Å²) < 4.78 is 543. The molecule has 403 valence electrons. The minimum Gasteiger partial charge on any atom is -0.224 e. The van der Waals surface area contributed by atoms with Crippen LogP contribution in [-0.2, 0) is 28.0 Å². The Bertz CT molecular complexity index is 2830. The van der Waals surface area contributed by atoms with Crippen LogP contribution in [0.3, 0.4) is 0 Å². The highest BCUT2D eigenvalue weighted by atomic mass is 19.4. The Balaban J connectivity index is 1.66. The van der Waals surface area contributed by atoms with Crippen molar-refractivity contribution in [3.05, 3.63) is 132 Å². The van der Waals surface area contributed by atoms with Gasteiger partial charge in [0.25, 0.3) is 22.7 Å². The Hall–Kier alpha value is -5.58. The molecule has 4 saturated carbocycles. The molecule has 0 atom stereocenters. The molecule has 0 saturated heterocycles. The maximum absolute atomic E-state index is 16.6. The standard InChI is InChI=1S/C37BF36/c39-9-1(10(40)16(46)4(15(9)45)26(55)30(59,60)31(26,61)62)25(2-11(41)17(47)5(18(48)12(2)42)27(56)32(63,64)33(27,65)66,3-13(43)19(49)6(20(50)14(3)44)28(57)34(67,68)35(28,69)70)38-8-23(53)21(51)7(22(52)24(8)54)29(58)36(71,72)37(29,73)74. The molecule has 0 aliphatic heterocycles. The Morgan fingerprint density at radius 1 is 0.203 bits per heavy atom. The van der Waals surface area contributed by atoms with Crippen LogP contribution >= 0.6 is 0 Å². The first-order valence-corrected chi connectivity index (χ1v) is 18.1. The number of benzene rings is 4. The number of alkyl halides is 20. The maximum atomic E-state index is 16.6. The van der Waals surface area contributed by atoms with E-state index in [4.69, 9.17) is 0 Å². The van der Waals surface area contributed by atoms with Gasteiger partial charge in [0.1, 0.15) is 0 Å². The summed E-state index contributed by atoms with van der Waals surface area (Å²) in [5.74, 6) is -127. The third kappa shape index (κ3) is 5.04. The zero-order valence-electron chi connectivity index (χ0n) is 32.7. The molecule has 37 heteroatoms. The second kappa shape index (κ2) is 14.1. The molecular formula is C37BF36. The molecule has 0 N–H and O–H groups in total. The van der Waals surface area contributed by atoms with Crippen molar-refractivity contribution in [3.8, 4) is 0 Å². The highest BCUT2D eigenvalue weighted by Gasteiger charge is 3.03. The van der Waals surface area contributed by atoms with Crippen molar-refractivity contribution in [2.45, 2.75) is 75.4 Å². The number of hydrogen-bond donors (Lipinski definition) is 0. The second-order valence-electron chi connectivity index (χ2n) is 16.2. The summed E-state index contributed by atoms with van der Waals surface area (Å²) in [6.07, 6.45) is 0. The fraction of sp³-hybridized carbons (Fsp3) is 0.351. The lowest BCUT2D eigenvalue weighted by Gasteiger charge is -2.38. The van der Waals surface area contributed by atoms with Crippen molar-refractivity contribution >= 4 is 12.7 Å². The van der Waals surface area contributed by atoms with Crippen molar-refractivity contribution in [2.24, 2.45) is 0 Å². The van der Waals surface area contributed by atoms with E-state index in [1.165, 1.54) is 0 Å². The fourth-order valence-corrected chi connectivity index (χ4v) is 8.53. The summed E-state index contributed by atoms with van der Waals surface area (Å²) in [5, 5.41) is -7.06. The van der Waals surface area contributed by atoms with Crippen LogP contribution in [0.5, 0.6) is 0 Å². The van der Waals surface area contributed by atoms with Gasteiger partial charge in [-0.15, -0.1) is 0 Å². The lowest BCUT2D eigenvalue weighted by molar-refractivity contribution is -0.0278. The van der Waals surface area contributed by atoms with Crippen molar-refractivity contribution in [2.75, 3.05) is 0 Å². The maximum Gasteiger partial charge on any atom is 0.357 e. The van der Waals surface area contributed by atoms with Gasteiger partial charge in [0.15, 0.2) is 100 Å². The molecule has 4 aromatic rings. The van der Waals surface area contributed by atoms with E-state index in [1.807, 2.05) is 0 Å². The SMILES string of the molecule is Fc1c(F)c(C2(F)C(F)(F)C2(F)F)c(F)c(F)c1[B]C(c1c(F)c(F)c(C2(F)C(F)(F)C2(F)F)c(F)c1F)(c1c(F)c(F)c(C2(F)C(F)(F)C2(F)F)c(F)c1F)c1c(F)c(F)c(C2(F)C(F)(F)C2(F)F)c(F)c1F. The summed E-state index contributed by atoms with van der Waals surface area (Å²) >= 11 is 0. The highest BCUT2D eigenvalue weighted by Crippen LogP contribution is 2.78. The summed E-state index contributed by atoms with van der Waals surface area (Å²) in [6.45, 7) is 0. The fourth-order valence-electron chi connectivity index (χ4n) is 8.53. The van der Waals surface area contributed by atoms with E-state index in [-0.39, 0.29) is 0 Å². The predicted octanol–water partition coefficient (Wildman–Crippen LogP) is 13.0. The van der Waals surface area contributed by atoms with E-state index in [2.05, 4.69) is 0 Å². The molecule has 0 heterocycles. The molecule has 1 radical (unpaired) electrons. The molecule has 0 bridgehead atoms. The summed E-state index contributed by atoms with van der Waals surface area (Å²) in [6, 6.07) is 0. The number of rotatable bonds is 9. The zero-order valence-corrected chi connectivity index (χ0v) is 32.7. The van der Waals surface area contributed by atoms with Crippen LogP contribution in [0.2, 0.25) is 0 Å². The lowest BCUT2D eigenvalue weighted by atomic mass is 9.40. The van der Waals surface area contributed by atoms with Gasteiger partial charge in [-0.3, -0.25) is 0 Å². The van der Waals surface area contributed by atoms with Crippen LogP contribution in [-0.4, -0.2) is 54.7 Å². The molecule has 4 aromatic carbocycles. The van der Waals surface area contributed by atoms with Gasteiger partial charge in [-0.1, -0.05) is 0 Å². The molecule has 0 amide bonds. The molecule has 74 heavy (non-hydrogen) atoms. The number of hydrogen-bond acceptors (Lipinski definition) is 0. The Kier molecular flexibility index (Phi) is 10.4. The van der Waals surface area contributed by atoms with Crippen molar-refractivity contribution in [1.82, 2.24) is 0 Å². The summed E-state index contributed by atoms with van der Waals surface area (Å²) in [5.41, 5.74) is -60.7. The molecule has 0 aromatic heterocycles. The molecule has 8 rings (SSSR count). The van der Waals surface area contributed by atoms with E-state index in [0.717, 1.165) is 0 Å². The van der Waals surface area contributed by atoms with Crippen LogP contribution in [0.4, 0.5) is 158 Å². The van der Waals surface area contributed by atoms with E-state index in [9.17, 15) is 74.6 Å². The summed E-state index contributed by atoms with van der Waals surface area (Å²) in [7, 11) is -2.43. The van der Waals surface area contributed by atoms with E-state index in [1.54, 1.807) is 0 Å². The van der Waals surface area contributed by atoms with Gasteiger partial charge in [-0.25, -0.2) is 87.8 Å². The van der Waals surface area contributed by atoms with E-state index < -0.39 is 220 Å². The lowest BCUT2D eigenvalue weighted by Crippen LogP contribution is -2.50. The van der Waals surface area contributed by atoms with Gasteiger partial charge in [0, 0.05) is 22.0 Å². The predicted molar refractivity (Wildman–Crippen MR) is 161 cm³/mol. The minimum atomic E-state index is -7.06. The Morgan fingerprint density at radius 2 is 0.338 bits per heavy atom. The number of halogens is 36. The topological polar surface area (TPSA) is 0 Å². The minimum absolute atomic E-state index is 2.43. The molecule has 4 aliphatic rings. The molecule has 0 nitrogen and oxygen atoms in total. The Labute approximate surface area is 378 Å².